The first-order valence-electron chi connectivity index (χ1n) is 11.9. The zero-order chi connectivity index (χ0) is 24.3. The van der Waals surface area contributed by atoms with Gasteiger partial charge < -0.3 is 19.3 Å². The number of allylic oxidation sites excluding steroid dienone is 2. The maximum atomic E-state index is 11.9. The number of esters is 1. The number of nitrogens with zero attached hydrogens (tertiary/aromatic N) is 1. The molecule has 1 aliphatic carbocycles. The fourth-order valence-electron chi connectivity index (χ4n) is 4.42. The predicted molar refractivity (Wildman–Crippen MR) is 135 cm³/mol. The highest BCUT2D eigenvalue weighted by Gasteiger charge is 2.41. The summed E-state index contributed by atoms with van der Waals surface area (Å²) >= 11 is 18.6. The molecular formula is C25H34Cl3NO5. The number of hydrogen-bond donors (Lipinski definition) is 1. The Morgan fingerprint density at radius 3 is 2.62 bits per heavy atom. The Morgan fingerprint density at radius 1 is 1.15 bits per heavy atom. The molecule has 2 fully saturated rings. The minimum atomic E-state index is -0.511. The molecule has 2 aliphatic rings. The van der Waals surface area contributed by atoms with Gasteiger partial charge in [-0.3, -0.25) is 9.69 Å². The van der Waals surface area contributed by atoms with Crippen molar-refractivity contribution in [3.8, 4) is 5.75 Å². The highest BCUT2D eigenvalue weighted by atomic mass is 35.5. The Kier molecular flexibility index (Phi) is 11.8. The lowest BCUT2D eigenvalue weighted by Gasteiger charge is -2.26. The highest BCUT2D eigenvalue weighted by Crippen LogP contribution is 2.39. The lowest BCUT2D eigenvalue weighted by atomic mass is 9.92. The van der Waals surface area contributed by atoms with E-state index in [1.165, 1.54) is 0 Å². The van der Waals surface area contributed by atoms with Gasteiger partial charge in [0.1, 0.15) is 12.4 Å². The van der Waals surface area contributed by atoms with Gasteiger partial charge in [-0.05, 0) is 49.8 Å². The molecular weight excluding hydrogens is 501 g/mol. The lowest BCUT2D eigenvalue weighted by molar-refractivity contribution is -0.144. The normalized spacial score (nSPS) is 25.6. The molecule has 4 atom stereocenters. The van der Waals surface area contributed by atoms with Crippen molar-refractivity contribution in [1.82, 2.24) is 4.90 Å². The second kappa shape index (κ2) is 14.5. The molecule has 9 heteroatoms. The van der Waals surface area contributed by atoms with E-state index >= 15 is 0 Å². The van der Waals surface area contributed by atoms with Crippen LogP contribution in [0.15, 0.2) is 30.4 Å². The number of ether oxygens (including phenoxy) is 3. The Labute approximate surface area is 217 Å². The van der Waals surface area contributed by atoms with E-state index in [1.807, 2.05) is 0 Å². The van der Waals surface area contributed by atoms with Crippen LogP contribution in [0.25, 0.3) is 0 Å². The zero-order valence-electron chi connectivity index (χ0n) is 19.3. The van der Waals surface area contributed by atoms with Crippen LogP contribution < -0.4 is 4.74 Å². The first kappa shape index (κ1) is 27.6. The number of carbonyl (C=O) groups is 1. The quantitative estimate of drug-likeness (QED) is 0.177. The van der Waals surface area contributed by atoms with Crippen LogP contribution in [0.3, 0.4) is 0 Å². The fraction of sp³-hybridized carbons (Fsp3) is 0.640. The molecule has 1 aliphatic heterocycles. The van der Waals surface area contributed by atoms with Crippen molar-refractivity contribution >= 4 is 40.8 Å². The number of halogens is 3. The van der Waals surface area contributed by atoms with E-state index in [-0.39, 0.29) is 23.2 Å². The average molecular weight is 535 g/mol. The second-order valence-corrected chi connectivity index (χ2v) is 10.3. The third-order valence-electron chi connectivity index (χ3n) is 6.35. The molecule has 3 rings (SSSR count). The van der Waals surface area contributed by atoms with Crippen LogP contribution in [-0.4, -0.2) is 73.5 Å². The van der Waals surface area contributed by atoms with Crippen LogP contribution >= 0.6 is 34.8 Å². The second-order valence-electron chi connectivity index (χ2n) is 8.84. The molecule has 0 unspecified atom stereocenters. The standard InChI is InChI=1S/C25H34Cl3NO5/c26-18-13-19(27)15-20(14-18)34-17-22-21(23(28)16-24(22)30)5-3-1-2-4-6-25(31)33-12-9-29-7-10-32-11-8-29/h1,3,13-15,21-24,30H,2,4-12,16-17H2/b3-1-/t21-,22-,23-,24-/m1/s1. The molecule has 6 nitrogen and oxygen atoms in total. The Morgan fingerprint density at radius 2 is 1.88 bits per heavy atom. The van der Waals surface area contributed by atoms with Crippen LogP contribution in [0.1, 0.15) is 32.1 Å². The largest absolute Gasteiger partial charge is 0.493 e. The molecule has 1 aromatic rings. The van der Waals surface area contributed by atoms with Gasteiger partial charge in [-0.1, -0.05) is 35.4 Å². The van der Waals surface area contributed by atoms with Gasteiger partial charge in [0.25, 0.3) is 0 Å². The molecule has 0 aromatic heterocycles. The van der Waals surface area contributed by atoms with Gasteiger partial charge in [0, 0.05) is 47.4 Å². The van der Waals surface area contributed by atoms with E-state index in [0.717, 1.165) is 52.1 Å². The van der Waals surface area contributed by atoms with Crippen LogP contribution in [0.2, 0.25) is 10.0 Å². The molecule has 34 heavy (non-hydrogen) atoms. The highest BCUT2D eigenvalue weighted by molar-refractivity contribution is 6.34. The Balaban J connectivity index is 1.33. The lowest BCUT2D eigenvalue weighted by Crippen LogP contribution is -2.38. The SMILES string of the molecule is O=C(CCC/C=C\C[C@@H]1[C@@H](COc2cc(Cl)cc(Cl)c2)[C@H](O)C[C@H]1Cl)OCCN1CCOCC1. The summed E-state index contributed by atoms with van der Waals surface area (Å²) in [4.78, 5) is 14.2. The summed E-state index contributed by atoms with van der Waals surface area (Å²) in [6.07, 6.45) is 6.89. The van der Waals surface area contributed by atoms with Gasteiger partial charge in [-0.25, -0.2) is 0 Å². The Hall–Kier alpha value is -1.02. The van der Waals surface area contributed by atoms with E-state index in [9.17, 15) is 9.90 Å². The van der Waals surface area contributed by atoms with Crippen molar-refractivity contribution in [2.45, 2.75) is 43.6 Å². The molecule has 0 bridgehead atoms. The monoisotopic (exact) mass is 533 g/mol. The maximum absolute atomic E-state index is 11.9. The van der Waals surface area contributed by atoms with Crippen molar-refractivity contribution < 1.29 is 24.1 Å². The summed E-state index contributed by atoms with van der Waals surface area (Å²) in [5.74, 6) is 0.452. The smallest absolute Gasteiger partial charge is 0.305 e. The topological polar surface area (TPSA) is 68.2 Å². The van der Waals surface area contributed by atoms with Crippen molar-refractivity contribution in [2.24, 2.45) is 11.8 Å². The van der Waals surface area contributed by atoms with E-state index < -0.39 is 6.10 Å². The number of benzene rings is 1. The van der Waals surface area contributed by atoms with Crippen molar-refractivity contribution in [2.75, 3.05) is 46.1 Å². The van der Waals surface area contributed by atoms with E-state index in [1.54, 1.807) is 18.2 Å². The number of hydrogen-bond acceptors (Lipinski definition) is 6. The first-order chi connectivity index (χ1) is 16.4. The molecule has 1 saturated carbocycles. The van der Waals surface area contributed by atoms with Gasteiger partial charge in [-0.15, -0.1) is 11.6 Å². The van der Waals surface area contributed by atoms with Gasteiger partial charge >= 0.3 is 5.97 Å². The first-order valence-corrected chi connectivity index (χ1v) is 13.1. The number of aliphatic hydroxyl groups is 1. The summed E-state index contributed by atoms with van der Waals surface area (Å²) in [5.41, 5.74) is 0. The number of unbranched alkanes of at least 4 members (excludes halogenated alkanes) is 1. The summed E-state index contributed by atoms with van der Waals surface area (Å²) in [6.45, 7) is 4.81. The van der Waals surface area contributed by atoms with Crippen LogP contribution in [0, 0.1) is 11.8 Å². The van der Waals surface area contributed by atoms with Crippen molar-refractivity contribution in [3.05, 3.63) is 40.4 Å². The molecule has 0 amide bonds. The molecule has 1 N–H and O–H groups in total. The molecule has 1 saturated heterocycles. The summed E-state index contributed by atoms with van der Waals surface area (Å²) in [7, 11) is 0. The molecule has 1 aromatic carbocycles. The zero-order valence-corrected chi connectivity index (χ0v) is 21.6. The summed E-state index contributed by atoms with van der Waals surface area (Å²) in [6, 6.07) is 5.05. The van der Waals surface area contributed by atoms with Crippen LogP contribution in [0.5, 0.6) is 5.75 Å². The average Bonchev–Trinajstić information content (AvgIpc) is 3.06. The maximum Gasteiger partial charge on any atom is 0.305 e. The number of aliphatic hydroxyl groups excluding tert-OH is 1. The van der Waals surface area contributed by atoms with E-state index in [2.05, 4.69) is 17.1 Å². The number of carbonyl (C=O) groups excluding carboxylic acids is 1. The number of alkyl halides is 1. The summed E-state index contributed by atoms with van der Waals surface area (Å²) in [5, 5.41) is 11.4. The molecule has 190 valence electrons. The van der Waals surface area contributed by atoms with E-state index in [4.69, 9.17) is 49.0 Å². The predicted octanol–water partition coefficient (Wildman–Crippen LogP) is 4.97. The molecule has 1 heterocycles. The van der Waals surface area contributed by atoms with Crippen molar-refractivity contribution in [3.63, 3.8) is 0 Å². The molecule has 0 spiro atoms. The summed E-state index contributed by atoms with van der Waals surface area (Å²) < 4.78 is 16.5. The molecule has 0 radical (unpaired) electrons. The van der Waals surface area contributed by atoms with Gasteiger partial charge in [-0.2, -0.15) is 0 Å². The van der Waals surface area contributed by atoms with Crippen LogP contribution in [0.4, 0.5) is 0 Å². The van der Waals surface area contributed by atoms with E-state index in [0.29, 0.717) is 41.9 Å². The minimum absolute atomic E-state index is 0.0775. The third-order valence-corrected chi connectivity index (χ3v) is 7.29. The van der Waals surface area contributed by atoms with Gasteiger partial charge in [0.15, 0.2) is 0 Å². The van der Waals surface area contributed by atoms with Gasteiger partial charge in [0.2, 0.25) is 0 Å². The number of rotatable bonds is 12. The van der Waals surface area contributed by atoms with Gasteiger partial charge in [0.05, 0.1) is 25.9 Å². The van der Waals surface area contributed by atoms with Crippen LogP contribution in [-0.2, 0) is 14.3 Å². The fourth-order valence-corrected chi connectivity index (χ4v) is 5.39. The minimum Gasteiger partial charge on any atom is -0.493 e. The van der Waals surface area contributed by atoms with Crippen molar-refractivity contribution in [1.29, 1.82) is 0 Å². The number of morpholine rings is 1. The third kappa shape index (κ3) is 9.21. The Bertz CT molecular complexity index is 783.